The number of hydrogen-bond donors (Lipinski definition) is 3. The van der Waals surface area contributed by atoms with Gasteiger partial charge in [-0.15, -0.1) is 0 Å². The number of hydrogen-bond acceptors (Lipinski definition) is 4. The van der Waals surface area contributed by atoms with Crippen molar-refractivity contribution in [1.82, 2.24) is 15.2 Å². The summed E-state index contributed by atoms with van der Waals surface area (Å²) >= 11 is 0. The first-order valence-electron chi connectivity index (χ1n) is 8.29. The predicted molar refractivity (Wildman–Crippen MR) is 92.9 cm³/mol. The van der Waals surface area contributed by atoms with Gasteiger partial charge in [-0.1, -0.05) is 39.8 Å². The van der Waals surface area contributed by atoms with Crippen LogP contribution < -0.4 is 5.32 Å². The lowest BCUT2D eigenvalue weighted by Gasteiger charge is -2.09. The Labute approximate surface area is 145 Å². The predicted octanol–water partition coefficient (Wildman–Crippen LogP) is 2.89. The molecule has 7 nitrogen and oxygen atoms in total. The van der Waals surface area contributed by atoms with E-state index in [2.05, 4.69) is 20.5 Å². The van der Waals surface area contributed by atoms with Gasteiger partial charge in [0.25, 0.3) is 0 Å². The first-order chi connectivity index (χ1) is 11.7. The molecule has 3 N–H and O–H groups in total. The van der Waals surface area contributed by atoms with Crippen LogP contribution in [0.15, 0.2) is 24.3 Å². The second-order valence-corrected chi connectivity index (χ2v) is 7.35. The lowest BCUT2D eigenvalue weighted by atomic mass is 10.1. The number of carboxylic acid groups (broad SMARTS) is 1. The topological polar surface area (TPSA) is 108 Å². The highest BCUT2D eigenvalue weighted by Gasteiger charge is 2.65. The standard InChI is InChI=1S/C18H22N4O3/c1-9(2)14-20-15(22-21-14)10-7-5-6-8-11(10)19-16(23)12-13(17(24)25)18(12,3)4/h5-9,12-13H,1-4H3,(H,19,23)(H,24,25)(H,20,21,22)/t12-,13-/m0/s1. The Hall–Kier alpha value is -2.70. The monoisotopic (exact) mass is 342 g/mol. The Morgan fingerprint density at radius 3 is 2.48 bits per heavy atom. The second-order valence-electron chi connectivity index (χ2n) is 7.35. The van der Waals surface area contributed by atoms with E-state index in [9.17, 15) is 14.7 Å². The number of carboxylic acids is 1. The van der Waals surface area contributed by atoms with Crippen molar-refractivity contribution in [2.75, 3.05) is 5.32 Å². The molecule has 1 fully saturated rings. The van der Waals surface area contributed by atoms with Crippen LogP contribution in [-0.2, 0) is 9.59 Å². The van der Waals surface area contributed by atoms with Crippen LogP contribution in [0.25, 0.3) is 11.4 Å². The summed E-state index contributed by atoms with van der Waals surface area (Å²) in [5, 5.41) is 19.2. The third-order valence-electron chi connectivity index (χ3n) is 4.85. The molecule has 1 aliphatic rings. The third-order valence-corrected chi connectivity index (χ3v) is 4.85. The molecule has 0 saturated heterocycles. The molecule has 1 heterocycles. The number of carbonyl (C=O) groups is 2. The minimum atomic E-state index is -0.936. The number of nitrogens with zero attached hydrogens (tertiary/aromatic N) is 2. The fourth-order valence-electron chi connectivity index (χ4n) is 3.24. The van der Waals surface area contributed by atoms with Crippen LogP contribution in [0.3, 0.4) is 0 Å². The highest BCUT2D eigenvalue weighted by atomic mass is 16.4. The molecule has 3 rings (SSSR count). The number of para-hydroxylation sites is 1. The maximum Gasteiger partial charge on any atom is 0.307 e. The molecule has 1 saturated carbocycles. The highest BCUT2D eigenvalue weighted by Crippen LogP contribution is 2.58. The molecule has 0 radical (unpaired) electrons. The van der Waals surface area contributed by atoms with E-state index in [-0.39, 0.29) is 11.8 Å². The molecule has 132 valence electrons. The van der Waals surface area contributed by atoms with Crippen LogP contribution in [0.4, 0.5) is 5.69 Å². The lowest BCUT2D eigenvalue weighted by molar-refractivity contribution is -0.140. The second kappa shape index (κ2) is 5.98. The Bertz CT molecular complexity index is 825. The van der Waals surface area contributed by atoms with Crippen LogP contribution in [-0.4, -0.2) is 32.2 Å². The van der Waals surface area contributed by atoms with E-state index in [0.29, 0.717) is 17.1 Å². The van der Waals surface area contributed by atoms with Gasteiger partial charge in [-0.3, -0.25) is 14.7 Å². The Kier molecular flexibility index (Phi) is 4.10. The van der Waals surface area contributed by atoms with Crippen molar-refractivity contribution in [2.24, 2.45) is 17.3 Å². The molecular weight excluding hydrogens is 320 g/mol. The number of aromatic nitrogens is 3. The van der Waals surface area contributed by atoms with E-state index in [1.165, 1.54) is 0 Å². The molecule has 2 atom stereocenters. The average Bonchev–Trinajstić information content (AvgIpc) is 2.91. The van der Waals surface area contributed by atoms with Crippen molar-refractivity contribution in [2.45, 2.75) is 33.6 Å². The number of aliphatic carboxylic acids is 1. The first-order valence-corrected chi connectivity index (χ1v) is 8.29. The minimum Gasteiger partial charge on any atom is -0.481 e. The van der Waals surface area contributed by atoms with Crippen LogP contribution >= 0.6 is 0 Å². The molecule has 0 bridgehead atoms. The highest BCUT2D eigenvalue weighted by molar-refractivity contribution is 6.01. The molecule has 0 spiro atoms. The summed E-state index contributed by atoms with van der Waals surface area (Å²) in [7, 11) is 0. The van der Waals surface area contributed by atoms with Crippen LogP contribution in [0.1, 0.15) is 39.4 Å². The van der Waals surface area contributed by atoms with E-state index < -0.39 is 23.2 Å². The maximum absolute atomic E-state index is 12.6. The maximum atomic E-state index is 12.6. The Morgan fingerprint density at radius 1 is 1.24 bits per heavy atom. The number of anilines is 1. The molecule has 1 amide bonds. The van der Waals surface area contributed by atoms with Gasteiger partial charge in [-0.25, -0.2) is 4.98 Å². The molecule has 1 aliphatic carbocycles. The van der Waals surface area contributed by atoms with Gasteiger partial charge in [-0.05, 0) is 17.5 Å². The van der Waals surface area contributed by atoms with Crippen molar-refractivity contribution in [1.29, 1.82) is 0 Å². The number of nitrogens with one attached hydrogen (secondary N) is 2. The van der Waals surface area contributed by atoms with Crippen molar-refractivity contribution >= 4 is 17.6 Å². The fraction of sp³-hybridized carbons (Fsp3) is 0.444. The van der Waals surface area contributed by atoms with Gasteiger partial charge in [0.05, 0.1) is 17.5 Å². The lowest BCUT2D eigenvalue weighted by Crippen LogP contribution is -2.18. The molecule has 1 aromatic heterocycles. The normalized spacial score (nSPS) is 21.2. The van der Waals surface area contributed by atoms with Gasteiger partial charge < -0.3 is 10.4 Å². The summed E-state index contributed by atoms with van der Waals surface area (Å²) < 4.78 is 0. The van der Waals surface area contributed by atoms with Crippen molar-refractivity contribution in [3.8, 4) is 11.4 Å². The van der Waals surface area contributed by atoms with Crippen molar-refractivity contribution in [3.05, 3.63) is 30.1 Å². The minimum absolute atomic E-state index is 0.214. The smallest absolute Gasteiger partial charge is 0.307 e. The van der Waals surface area contributed by atoms with E-state index in [4.69, 9.17) is 0 Å². The number of H-pyrrole nitrogens is 1. The number of rotatable bonds is 5. The zero-order valence-corrected chi connectivity index (χ0v) is 14.7. The summed E-state index contributed by atoms with van der Waals surface area (Å²) in [6, 6.07) is 7.25. The van der Waals surface area contributed by atoms with Crippen molar-refractivity contribution < 1.29 is 14.7 Å². The summed E-state index contributed by atoms with van der Waals surface area (Å²) in [5.74, 6) is -0.938. The quantitative estimate of drug-likeness (QED) is 0.774. The van der Waals surface area contributed by atoms with E-state index in [1.54, 1.807) is 19.9 Å². The molecule has 25 heavy (non-hydrogen) atoms. The largest absolute Gasteiger partial charge is 0.481 e. The summed E-state index contributed by atoms with van der Waals surface area (Å²) in [5.41, 5.74) is 0.734. The molecular formula is C18H22N4O3. The third kappa shape index (κ3) is 3.01. The van der Waals surface area contributed by atoms with Gasteiger partial charge in [0.2, 0.25) is 5.91 Å². The summed E-state index contributed by atoms with van der Waals surface area (Å²) in [6.07, 6.45) is 0. The van der Waals surface area contributed by atoms with Gasteiger partial charge >= 0.3 is 5.97 Å². The van der Waals surface area contributed by atoms with E-state index >= 15 is 0 Å². The first kappa shape index (κ1) is 17.1. The van der Waals surface area contributed by atoms with Gasteiger partial charge in [0, 0.05) is 11.5 Å². The summed E-state index contributed by atoms with van der Waals surface area (Å²) in [6.45, 7) is 7.62. The van der Waals surface area contributed by atoms with Crippen LogP contribution in [0, 0.1) is 17.3 Å². The number of amides is 1. The van der Waals surface area contributed by atoms with Gasteiger partial charge in [0.1, 0.15) is 5.82 Å². The molecule has 7 heteroatoms. The SMILES string of the molecule is CC(C)c1nc(-c2ccccc2NC(=O)[C@@H]2[C@@H](C(=O)O)C2(C)C)n[nH]1. The Morgan fingerprint density at radius 2 is 1.92 bits per heavy atom. The van der Waals surface area contributed by atoms with Crippen molar-refractivity contribution in [3.63, 3.8) is 0 Å². The average molecular weight is 342 g/mol. The van der Waals surface area contributed by atoms with E-state index in [1.807, 2.05) is 32.0 Å². The summed E-state index contributed by atoms with van der Waals surface area (Å²) in [4.78, 5) is 28.3. The fourth-order valence-corrected chi connectivity index (χ4v) is 3.24. The zero-order valence-electron chi connectivity index (χ0n) is 14.7. The molecule has 2 aromatic rings. The zero-order chi connectivity index (χ0) is 18.4. The number of aromatic amines is 1. The van der Waals surface area contributed by atoms with E-state index in [0.717, 1.165) is 5.82 Å². The number of carbonyl (C=O) groups excluding carboxylic acids is 1. The van der Waals surface area contributed by atoms with Crippen LogP contribution in [0.2, 0.25) is 0 Å². The van der Waals surface area contributed by atoms with Gasteiger partial charge in [0.15, 0.2) is 5.82 Å². The molecule has 0 unspecified atom stereocenters. The van der Waals surface area contributed by atoms with Crippen LogP contribution in [0.5, 0.6) is 0 Å². The number of benzene rings is 1. The molecule has 0 aliphatic heterocycles. The molecule has 1 aromatic carbocycles. The Balaban J connectivity index is 1.84. The van der Waals surface area contributed by atoms with Gasteiger partial charge in [-0.2, -0.15) is 5.10 Å².